The summed E-state index contributed by atoms with van der Waals surface area (Å²) in [7, 11) is 0. The zero-order valence-corrected chi connectivity index (χ0v) is 14.2. The van der Waals surface area contributed by atoms with E-state index in [9.17, 15) is 0 Å². The van der Waals surface area contributed by atoms with E-state index in [0.29, 0.717) is 0 Å². The topological polar surface area (TPSA) is 0 Å². The number of hydrogen-bond acceptors (Lipinski definition) is 0. The van der Waals surface area contributed by atoms with Crippen LogP contribution >= 0.6 is 30.6 Å². The molecular formula is C10H16Br2Si2. The zero-order valence-electron chi connectivity index (χ0n) is 9.07. The quantitative estimate of drug-likeness (QED) is 0.566. The number of hydrogen-bond donors (Lipinski definition) is 0. The highest BCUT2D eigenvalue weighted by Gasteiger charge is 2.22. The van der Waals surface area contributed by atoms with Crippen LogP contribution in [0.5, 0.6) is 0 Å². The smallest absolute Gasteiger partial charge is 0.121 e. The Morgan fingerprint density at radius 3 is 1.07 bits per heavy atom. The molecule has 1 rings (SSSR count). The van der Waals surface area contributed by atoms with E-state index in [1.165, 1.54) is 10.4 Å². The molecule has 0 fully saturated rings. The molecule has 0 amide bonds. The van der Waals surface area contributed by atoms with Crippen molar-refractivity contribution < 1.29 is 0 Å². The lowest BCUT2D eigenvalue weighted by Crippen LogP contribution is -2.39. The van der Waals surface area contributed by atoms with E-state index >= 15 is 0 Å². The van der Waals surface area contributed by atoms with E-state index in [2.05, 4.69) is 81.0 Å². The van der Waals surface area contributed by atoms with E-state index in [4.69, 9.17) is 0 Å². The largest absolute Gasteiger partial charge is 0.154 e. The van der Waals surface area contributed by atoms with Crippen LogP contribution in [-0.2, 0) is 0 Å². The van der Waals surface area contributed by atoms with Crippen molar-refractivity contribution in [2.45, 2.75) is 26.2 Å². The highest BCUT2D eigenvalue weighted by molar-refractivity contribution is 9.26. The average Bonchev–Trinajstić information content (AvgIpc) is 2.01. The van der Waals surface area contributed by atoms with Crippen LogP contribution in [0.1, 0.15) is 0 Å². The maximum Gasteiger partial charge on any atom is 0.154 e. The van der Waals surface area contributed by atoms with Crippen molar-refractivity contribution in [2.75, 3.05) is 0 Å². The summed E-state index contributed by atoms with van der Waals surface area (Å²) in [5.74, 6) is 0. The molecule has 0 saturated carbocycles. The normalized spacial score (nSPS) is 13.0. The minimum Gasteiger partial charge on any atom is -0.121 e. The van der Waals surface area contributed by atoms with Crippen molar-refractivity contribution in [3.05, 3.63) is 24.3 Å². The molecule has 0 aliphatic carbocycles. The fourth-order valence-electron chi connectivity index (χ4n) is 1.26. The van der Waals surface area contributed by atoms with Gasteiger partial charge in [0.2, 0.25) is 0 Å². The molecule has 4 heteroatoms. The minimum atomic E-state index is -1.30. The van der Waals surface area contributed by atoms with Gasteiger partial charge in [0.1, 0.15) is 0 Å². The molecule has 0 atom stereocenters. The average molecular weight is 352 g/mol. The lowest BCUT2D eigenvalue weighted by Gasteiger charge is -2.18. The Balaban J connectivity index is 3.02. The predicted octanol–water partition coefficient (Wildman–Crippen LogP) is 3.30. The summed E-state index contributed by atoms with van der Waals surface area (Å²) in [6.45, 7) is 6.61. The van der Waals surface area contributed by atoms with Crippen molar-refractivity contribution in [2.24, 2.45) is 0 Å². The first-order valence-electron chi connectivity index (χ1n) is 4.70. The van der Waals surface area contributed by atoms with Crippen molar-refractivity contribution in [3.8, 4) is 0 Å². The molecule has 0 radical (unpaired) electrons. The maximum absolute atomic E-state index is 3.80. The summed E-state index contributed by atoms with van der Waals surface area (Å²) in [6, 6.07) is 9.08. The fourth-order valence-corrected chi connectivity index (χ4v) is 4.77. The SMILES string of the molecule is C[Si](C)(Br)c1ccc([Si](C)(C)Br)cc1. The second-order valence-electron chi connectivity index (χ2n) is 4.52. The second-order valence-corrected chi connectivity index (χ2v) is 23.5. The van der Waals surface area contributed by atoms with Gasteiger partial charge in [0.25, 0.3) is 0 Å². The van der Waals surface area contributed by atoms with Gasteiger partial charge in [0, 0.05) is 0 Å². The van der Waals surface area contributed by atoms with Crippen molar-refractivity contribution in [1.82, 2.24) is 0 Å². The van der Waals surface area contributed by atoms with Gasteiger partial charge in [0.05, 0.1) is 0 Å². The van der Waals surface area contributed by atoms with Crippen LogP contribution in [0.4, 0.5) is 0 Å². The van der Waals surface area contributed by atoms with Gasteiger partial charge in [-0.2, -0.15) is 0 Å². The van der Waals surface area contributed by atoms with Crippen LogP contribution in [-0.4, -0.2) is 13.4 Å². The molecule has 0 spiro atoms. The van der Waals surface area contributed by atoms with Crippen LogP contribution in [0.15, 0.2) is 24.3 Å². The molecule has 1 aromatic carbocycles. The van der Waals surface area contributed by atoms with Crippen LogP contribution in [0.25, 0.3) is 0 Å². The highest BCUT2D eigenvalue weighted by Crippen LogP contribution is 2.13. The molecule has 0 bridgehead atoms. The summed E-state index contributed by atoms with van der Waals surface area (Å²) < 4.78 is 0. The summed E-state index contributed by atoms with van der Waals surface area (Å²) in [6.07, 6.45) is 0. The molecule has 1 aromatic rings. The first-order chi connectivity index (χ1) is 6.21. The third kappa shape index (κ3) is 3.33. The van der Waals surface area contributed by atoms with Gasteiger partial charge in [0.15, 0.2) is 13.4 Å². The molecule has 0 aliphatic rings. The molecule has 0 saturated heterocycles. The van der Waals surface area contributed by atoms with Crippen LogP contribution < -0.4 is 10.4 Å². The summed E-state index contributed by atoms with van der Waals surface area (Å²) in [5.41, 5.74) is 0. The van der Waals surface area contributed by atoms with Gasteiger partial charge in [-0.1, -0.05) is 50.5 Å². The molecule has 0 aromatic heterocycles. The molecule has 0 unspecified atom stereocenters. The van der Waals surface area contributed by atoms with Crippen molar-refractivity contribution in [1.29, 1.82) is 0 Å². The Labute approximate surface area is 104 Å². The molecule has 78 valence electrons. The van der Waals surface area contributed by atoms with E-state index in [1.54, 1.807) is 0 Å². The summed E-state index contributed by atoms with van der Waals surface area (Å²) in [5, 5.41) is 2.93. The molecule has 14 heavy (non-hydrogen) atoms. The molecule has 0 aliphatic heterocycles. The van der Waals surface area contributed by atoms with Gasteiger partial charge >= 0.3 is 0 Å². The van der Waals surface area contributed by atoms with Gasteiger partial charge in [-0.25, -0.2) is 0 Å². The van der Waals surface area contributed by atoms with Crippen LogP contribution in [0, 0.1) is 0 Å². The fraction of sp³-hybridized carbons (Fsp3) is 0.400. The zero-order chi connectivity index (χ0) is 11.0. The lowest BCUT2D eigenvalue weighted by molar-refractivity contribution is 1.75. The van der Waals surface area contributed by atoms with Crippen molar-refractivity contribution in [3.63, 3.8) is 0 Å². The van der Waals surface area contributed by atoms with Gasteiger partial charge in [-0.3, -0.25) is 0 Å². The van der Waals surface area contributed by atoms with E-state index in [1.807, 2.05) is 0 Å². The molecule has 0 nitrogen and oxygen atoms in total. The van der Waals surface area contributed by atoms with Gasteiger partial charge in [-0.05, 0) is 10.4 Å². The Kier molecular flexibility index (Phi) is 3.84. The summed E-state index contributed by atoms with van der Waals surface area (Å²) >= 11 is 7.60. The van der Waals surface area contributed by atoms with Crippen molar-refractivity contribution >= 4 is 54.3 Å². The minimum absolute atomic E-state index is 1.30. The Morgan fingerprint density at radius 1 is 0.714 bits per heavy atom. The Hall–Kier alpha value is 0.614. The number of rotatable bonds is 2. The first kappa shape index (κ1) is 12.7. The summed E-state index contributed by atoms with van der Waals surface area (Å²) in [4.78, 5) is 0. The van der Waals surface area contributed by atoms with E-state index < -0.39 is 13.4 Å². The Bertz CT molecular complexity index is 273. The van der Waals surface area contributed by atoms with Gasteiger partial charge in [-0.15, -0.1) is 30.6 Å². The van der Waals surface area contributed by atoms with E-state index in [-0.39, 0.29) is 0 Å². The predicted molar refractivity (Wildman–Crippen MR) is 78.5 cm³/mol. The second kappa shape index (κ2) is 4.24. The maximum atomic E-state index is 3.80. The van der Waals surface area contributed by atoms with E-state index in [0.717, 1.165) is 0 Å². The molecule has 0 N–H and O–H groups in total. The highest BCUT2D eigenvalue weighted by atomic mass is 79.9. The molecule has 0 heterocycles. The molecular weight excluding hydrogens is 336 g/mol. The Morgan fingerprint density at radius 2 is 0.929 bits per heavy atom. The monoisotopic (exact) mass is 350 g/mol. The van der Waals surface area contributed by atoms with Crippen LogP contribution in [0.3, 0.4) is 0 Å². The first-order valence-corrected chi connectivity index (χ1v) is 15.2. The third-order valence-corrected chi connectivity index (χ3v) is 8.42. The number of benzene rings is 1. The third-order valence-electron chi connectivity index (χ3n) is 2.26. The standard InChI is InChI=1S/C10H16Br2Si2/c1-13(2,11)9-5-7-10(8-6-9)14(3,4)12/h5-8H,1-4H3. The lowest BCUT2D eigenvalue weighted by atomic mass is 10.4. The van der Waals surface area contributed by atoms with Crippen LogP contribution in [0.2, 0.25) is 26.2 Å². The van der Waals surface area contributed by atoms with Gasteiger partial charge < -0.3 is 0 Å². The number of halogens is 2.